The second kappa shape index (κ2) is 25.9. The summed E-state index contributed by atoms with van der Waals surface area (Å²) in [7, 11) is 0. The van der Waals surface area contributed by atoms with Gasteiger partial charge in [0.05, 0.1) is 0 Å². The Morgan fingerprint density at radius 1 is 0.234 bits per heavy atom. The van der Waals surface area contributed by atoms with Crippen LogP contribution in [-0.2, 0) is 15.1 Å². The van der Waals surface area contributed by atoms with E-state index in [0.29, 0.717) is 4.47 Å². The number of fused-ring (bicyclic) bond motifs is 4. The van der Waals surface area contributed by atoms with Gasteiger partial charge in [-0.1, -0.05) is 346 Å². The van der Waals surface area contributed by atoms with Crippen LogP contribution in [0.2, 0.25) is 0 Å². The van der Waals surface area contributed by atoms with Crippen molar-refractivity contribution in [1.82, 2.24) is 0 Å². The second-order valence-corrected chi connectivity index (χ2v) is 52.9. The van der Waals surface area contributed by atoms with Crippen LogP contribution in [0.4, 0.5) is 0 Å². The van der Waals surface area contributed by atoms with Gasteiger partial charge in [0.15, 0.2) is 0 Å². The molecule has 8 rings (SSSR count). The first-order valence-corrected chi connectivity index (χ1v) is 42.8. The SMILES string of the molecule is Brc1ccc2c(C(Br)(C(Br)(Br)C(Br)(Br)C(Br)(Br)c3c(Br)c(Br)c(Br)c4c(Br)c(Br)c(Br)c(Br)c34)C(Br)(Br)C(Br)(c3cccc4ccccc34)C(Br)(Br)C(Br)(Br)C(Br)(Br)c3cccc4ccccc34)c(Br)c(Br)c(Br)c2c1Br. The van der Waals surface area contributed by atoms with Crippen LogP contribution >= 0.6 is 446 Å². The van der Waals surface area contributed by atoms with E-state index >= 15 is 0 Å². The lowest BCUT2D eigenvalue weighted by Crippen LogP contribution is -2.70. The molecule has 2 unspecified atom stereocenters. The third-order valence-corrected chi connectivity index (χ3v) is 58.3. The minimum absolute atomic E-state index is 0.691. The van der Waals surface area contributed by atoms with Gasteiger partial charge in [-0.15, -0.1) is 0 Å². The zero-order valence-electron chi connectivity index (χ0n) is 36.3. The van der Waals surface area contributed by atoms with Crippen molar-refractivity contribution in [3.8, 4) is 0 Å². The van der Waals surface area contributed by atoms with Gasteiger partial charge in [0.1, 0.15) is 31.3 Å². The molecule has 28 heteroatoms. The van der Waals surface area contributed by atoms with Crippen molar-refractivity contribution in [1.29, 1.82) is 0 Å². The molecule has 0 heterocycles. The maximum absolute atomic E-state index is 4.77. The maximum atomic E-state index is 4.77. The topological polar surface area (TPSA) is 0 Å². The minimum atomic E-state index is -1.60. The van der Waals surface area contributed by atoms with Crippen LogP contribution in [-0.4, -0.2) is 16.2 Å². The third-order valence-electron chi connectivity index (χ3n) is 12.8. The van der Waals surface area contributed by atoms with Crippen LogP contribution in [0.3, 0.4) is 0 Å². The minimum Gasteiger partial charge on any atom is -0.0749 e. The lowest BCUT2D eigenvalue weighted by Gasteiger charge is -2.63. The number of hydrogen-bond donors (Lipinski definition) is 0. The summed E-state index contributed by atoms with van der Waals surface area (Å²) in [5.74, 6) is 0. The largest absolute Gasteiger partial charge is 0.136 e. The van der Waals surface area contributed by atoms with Gasteiger partial charge in [0.2, 0.25) is 0 Å². The molecule has 0 saturated heterocycles. The Kier molecular flexibility index (Phi) is 23.9. The number of rotatable bonds is 12. The van der Waals surface area contributed by atoms with Crippen molar-refractivity contribution < 1.29 is 0 Å². The summed E-state index contributed by atoms with van der Waals surface area (Å²) in [6.45, 7) is 0. The normalized spacial score (nSPS) is 15.2. The molecule has 8 aromatic carbocycles. The van der Waals surface area contributed by atoms with Crippen LogP contribution in [0.25, 0.3) is 43.1 Å². The highest BCUT2D eigenvalue weighted by Gasteiger charge is 2.81. The van der Waals surface area contributed by atoms with Crippen LogP contribution in [0.15, 0.2) is 151 Å². The van der Waals surface area contributed by atoms with E-state index in [2.05, 4.69) is 481 Å². The van der Waals surface area contributed by atoms with Crippen LogP contribution in [0.1, 0.15) is 22.3 Å². The predicted octanol–water partition coefficient (Wildman–Crippen LogP) is 32.0. The summed E-state index contributed by atoms with van der Waals surface area (Å²) in [4.78, 5) is 0. The summed E-state index contributed by atoms with van der Waals surface area (Å²) in [6, 6.07) is 33.3. The average Bonchev–Trinajstić information content (AvgIpc) is 3.48. The molecule has 0 nitrogen and oxygen atoms in total. The molecule has 0 aliphatic heterocycles. The van der Waals surface area contributed by atoms with Crippen molar-refractivity contribution in [2.75, 3.05) is 0 Å². The average molecular weight is 2840 g/mol. The summed E-state index contributed by atoms with van der Waals surface area (Å²) < 4.78 is -3.51. The molecule has 0 N–H and O–H groups in total. The number of alkyl halides is 16. The number of hydrogen-bond acceptors (Lipinski definition) is 0. The zero-order valence-corrected chi connectivity index (χ0v) is 80.7. The molecule has 0 aliphatic carbocycles. The van der Waals surface area contributed by atoms with Crippen LogP contribution < -0.4 is 0 Å². The van der Waals surface area contributed by atoms with Crippen molar-refractivity contribution in [2.24, 2.45) is 0 Å². The molecule has 0 aromatic heterocycles. The highest BCUT2D eigenvalue weighted by Crippen LogP contribution is 2.83. The lowest BCUT2D eigenvalue weighted by molar-refractivity contribution is 0.409. The molecule has 0 saturated carbocycles. The smallest absolute Gasteiger partial charge is 0.0749 e. The van der Waals surface area contributed by atoms with Gasteiger partial charge in [-0.3, -0.25) is 0 Å². The summed E-state index contributed by atoms with van der Waals surface area (Å²) in [5.41, 5.74) is 3.26. The van der Waals surface area contributed by atoms with Gasteiger partial charge >= 0.3 is 0 Å². The second-order valence-electron chi connectivity index (χ2n) is 16.8. The van der Waals surface area contributed by atoms with E-state index in [1.165, 1.54) is 0 Å². The van der Waals surface area contributed by atoms with E-state index in [-0.39, 0.29) is 0 Å². The van der Waals surface area contributed by atoms with Crippen molar-refractivity contribution >= 4 is 489 Å². The summed E-state index contributed by atoms with van der Waals surface area (Å²) in [6.07, 6.45) is 0. The highest BCUT2D eigenvalue weighted by atomic mass is 80.0. The molecule has 0 amide bonds. The fourth-order valence-electron chi connectivity index (χ4n) is 9.00. The van der Waals surface area contributed by atoms with Crippen LogP contribution in [0.5, 0.6) is 0 Å². The Bertz CT molecular complexity index is 3750. The zero-order chi connectivity index (χ0) is 57.7. The Morgan fingerprint density at radius 2 is 0.610 bits per heavy atom. The Morgan fingerprint density at radius 3 is 1.12 bits per heavy atom. The number of benzene rings is 8. The Hall–Kier alpha value is 8.24. The van der Waals surface area contributed by atoms with Gasteiger partial charge in [-0.2, -0.15) is 0 Å². The van der Waals surface area contributed by atoms with Gasteiger partial charge < -0.3 is 0 Å². The molecule has 2 atom stereocenters. The predicted molar refractivity (Wildman–Crippen MR) is 431 cm³/mol. The van der Waals surface area contributed by atoms with Gasteiger partial charge in [0.25, 0.3) is 0 Å². The van der Waals surface area contributed by atoms with E-state index < -0.39 is 31.3 Å². The standard InChI is InChI=1S/C49H16Br28/c50-24-16-15-21-25(30(24)51)31(52)37(58)35(56)28(21)42(63,47(72,73)49(76,77)44(66,67)29-26-27(33(54)38(59)36(29)57)34(55)40(61)39(60)32(26)53)45(68,69)41(62,22-13-5-9-17-7-1-3-11-19(17)22)46(70,71)48(74,75)43(64,65)23-14-6-10-18-8-2-4-12-20(18)23/h1-16H. The van der Waals surface area contributed by atoms with E-state index in [4.69, 9.17) is 31.9 Å². The lowest BCUT2D eigenvalue weighted by atomic mass is 9.76. The molecule has 0 radical (unpaired) electrons. The first-order chi connectivity index (χ1) is 35.3. The summed E-state index contributed by atoms with van der Waals surface area (Å²) >= 11 is 120. The maximum Gasteiger partial charge on any atom is 0.136 e. The van der Waals surface area contributed by atoms with E-state index in [1.807, 2.05) is 30.3 Å². The van der Waals surface area contributed by atoms with Gasteiger partial charge in [-0.25, -0.2) is 0 Å². The summed E-state index contributed by atoms with van der Waals surface area (Å²) in [5, 5.41) is 7.37. The van der Waals surface area contributed by atoms with Crippen molar-refractivity contribution in [3.63, 3.8) is 0 Å². The Balaban J connectivity index is 1.59. The molecule has 0 aliphatic rings. The van der Waals surface area contributed by atoms with Crippen molar-refractivity contribution in [3.05, 3.63) is 173 Å². The van der Waals surface area contributed by atoms with E-state index in [0.717, 1.165) is 115 Å². The third kappa shape index (κ3) is 11.0. The van der Waals surface area contributed by atoms with E-state index in [1.54, 1.807) is 0 Å². The first-order valence-electron chi connectivity index (χ1n) is 20.6. The van der Waals surface area contributed by atoms with Gasteiger partial charge in [-0.05, 0) is 241 Å². The highest BCUT2D eigenvalue weighted by molar-refractivity contribution is 9.34. The molecule has 8 aromatic rings. The van der Waals surface area contributed by atoms with E-state index in [9.17, 15) is 0 Å². The molecule has 408 valence electrons. The molecule has 0 spiro atoms. The monoisotopic (exact) mass is 2810 g/mol. The molecular formula is C49H16Br28. The molecule has 77 heavy (non-hydrogen) atoms. The molecular weight excluding hydrogens is 2830 g/mol. The molecule has 0 bridgehead atoms. The first kappa shape index (κ1) is 71.1. The van der Waals surface area contributed by atoms with Crippen LogP contribution in [0, 0.1) is 0 Å². The fraction of sp³-hybridized carbons (Fsp3) is 0.184. The Labute approximate surface area is 679 Å². The van der Waals surface area contributed by atoms with Crippen molar-refractivity contribution in [2.45, 2.75) is 31.3 Å². The van der Waals surface area contributed by atoms with Gasteiger partial charge in [0, 0.05) is 75.4 Å². The number of halogens is 28. The molecule has 0 fully saturated rings. The fourth-order valence-corrected chi connectivity index (χ4v) is 35.1. The quantitative estimate of drug-likeness (QED) is 0.0650.